The van der Waals surface area contributed by atoms with Gasteiger partial charge < -0.3 is 0 Å². The van der Waals surface area contributed by atoms with Crippen molar-refractivity contribution >= 4 is 41.2 Å². The van der Waals surface area contributed by atoms with Crippen molar-refractivity contribution in [2.75, 3.05) is 6.16 Å². The normalized spacial score (nSPS) is 13.8. The first-order valence-electron chi connectivity index (χ1n) is 31.9. The molecule has 4 aliphatic carbocycles. The third-order valence-electron chi connectivity index (χ3n) is 20.1. The highest BCUT2D eigenvalue weighted by Crippen LogP contribution is 2.57. The van der Waals surface area contributed by atoms with E-state index in [1.165, 1.54) is 0 Å². The molecule has 0 aliphatic heterocycles. The number of rotatable bonds is 16. The van der Waals surface area contributed by atoms with Crippen LogP contribution >= 0.6 is 7.92 Å². The van der Waals surface area contributed by atoms with E-state index in [1.807, 2.05) is 0 Å². The average molecular weight is 1650 g/mol. The van der Waals surface area contributed by atoms with Crippen LogP contribution in [0.2, 0.25) is 0 Å². The zero-order valence-electron chi connectivity index (χ0n) is 54.3. The first-order valence-corrected chi connectivity index (χ1v) is 33.6. The lowest BCUT2D eigenvalue weighted by molar-refractivity contribution is -0.135. The highest BCUT2D eigenvalue weighted by Gasteiger charge is 2.58. The Morgan fingerprint density at radius 3 is 0.802 bits per heavy atom. The number of hydrogen-bond acceptors (Lipinski definition) is 0. The fraction of sp³-hybridized carbons (Fsp3) is 0.239. The summed E-state index contributed by atoms with van der Waals surface area (Å²) in [5, 5.41) is -1.04. The van der Waals surface area contributed by atoms with E-state index in [-0.39, 0.29) is 44.3 Å². The van der Waals surface area contributed by atoms with Crippen molar-refractivity contribution in [3.05, 3.63) is 237 Å². The molecule has 40 heteroatoms. The molecular weight excluding hydrogens is 1620 g/mol. The maximum atomic E-state index is 18.3. The minimum atomic E-state index is -6.96. The molecule has 0 heterocycles. The Bertz CT molecular complexity index is 5010. The molecule has 0 aromatic heterocycles. The van der Waals surface area contributed by atoms with Crippen LogP contribution in [0.15, 0.2) is 6.07 Å². The zero-order chi connectivity index (χ0) is 82.2. The van der Waals surface area contributed by atoms with Crippen LogP contribution in [0.4, 0.5) is 167 Å². The summed E-state index contributed by atoms with van der Waals surface area (Å²) in [6.07, 6.45) is -24.8. The Balaban J connectivity index is 0.000000323. The molecule has 0 saturated heterocycles. The van der Waals surface area contributed by atoms with E-state index in [9.17, 15) is 43.9 Å². The molecule has 9 aromatic carbocycles. The predicted molar refractivity (Wildman–Crippen MR) is 319 cm³/mol. The Morgan fingerprint density at radius 2 is 0.532 bits per heavy atom. The van der Waals surface area contributed by atoms with E-state index < -0.39 is 373 Å². The van der Waals surface area contributed by atoms with Gasteiger partial charge in [0.05, 0.1) is 6.16 Å². The smallest absolute Gasteiger partial charge is 0.236 e. The Morgan fingerprint density at radius 1 is 0.288 bits per heavy atom. The number of fused-ring (bicyclic) bond motifs is 12. The van der Waals surface area contributed by atoms with Crippen LogP contribution in [0.1, 0.15) is 103 Å². The Labute approximate surface area is 596 Å². The summed E-state index contributed by atoms with van der Waals surface area (Å²) in [5.74, 6) is -93.6. The van der Waals surface area contributed by atoms with Gasteiger partial charge in [0, 0.05) is 79.2 Å². The predicted octanol–water partition coefficient (Wildman–Crippen LogP) is 21.0. The molecule has 0 radical (unpaired) electrons. The molecule has 0 N–H and O–H groups in total. The molecule has 0 saturated carbocycles. The largest absolute Gasteiger partial charge is 0.389 e. The van der Waals surface area contributed by atoms with Crippen molar-refractivity contribution in [1.82, 2.24) is 0 Å². The molecule has 0 nitrogen and oxygen atoms in total. The molecule has 111 heavy (non-hydrogen) atoms. The van der Waals surface area contributed by atoms with Crippen LogP contribution in [0.5, 0.6) is 0 Å². The number of unbranched alkanes of at least 4 members (excludes halogenated alkanes) is 4. The molecule has 0 bridgehead atoms. The second kappa shape index (κ2) is 28.5. The van der Waals surface area contributed by atoms with Crippen molar-refractivity contribution in [2.24, 2.45) is 0 Å². The van der Waals surface area contributed by atoms with Crippen molar-refractivity contribution in [2.45, 2.75) is 102 Å². The summed E-state index contributed by atoms with van der Waals surface area (Å²) >= 11 is 0. The summed E-state index contributed by atoms with van der Waals surface area (Å²) < 4.78 is 592. The first-order chi connectivity index (χ1) is 51.7. The molecule has 0 spiro atoms. The van der Waals surface area contributed by atoms with Gasteiger partial charge in [0.1, 0.15) is 42.6 Å². The molecule has 9 aromatic rings. The highest BCUT2D eigenvalue weighted by atomic mass is 31.1. The molecule has 2 unspecified atom stereocenters. The van der Waals surface area contributed by atoms with Gasteiger partial charge in [0.15, 0.2) is 151 Å². The van der Waals surface area contributed by atoms with Gasteiger partial charge >= 0.3 is 11.8 Å². The van der Waals surface area contributed by atoms with Crippen molar-refractivity contribution < 1.29 is 167 Å². The van der Waals surface area contributed by atoms with Crippen LogP contribution in [-0.4, -0.2) is 30.3 Å². The van der Waals surface area contributed by atoms with Gasteiger partial charge in [-0.05, 0) is 44.9 Å². The van der Waals surface area contributed by atoms with E-state index in [4.69, 9.17) is 0 Å². The first kappa shape index (κ1) is 81.3. The van der Waals surface area contributed by atoms with Crippen molar-refractivity contribution in [1.29, 1.82) is 0 Å². The standard InChI is InChI=1S/C52H8BF28.C19H23F10P/c54-25-9-1-5-13(17(9)33(62)49(78)41(25)70)29(58)45(74)37(66)21(5)53(22-6-2-10-18(14(6)30(59)46(75)38(22)67)34(63)50(79)42(71)26(10)55,23-7-3-11-19(15(7)31(60)47(76)39(23)68)35(64)51(80)43(72)27(11)56)24-8-4-12-20(16(8)32(61)48(77)40(24)69)36(65)52(81)44(73)28(12)57;1-2-3-10-30(13-11-12(20)15(22)17(24)16(13)23)19(28,29)14(21)8-6-4-5-7-9-18(25,26)27/h1-4H2;11,14H,2-10H2,1H3/q-1;/p+1. The minimum absolute atomic E-state index is 0.0778. The minimum Gasteiger partial charge on any atom is -0.236 e. The maximum absolute atomic E-state index is 18.3. The van der Waals surface area contributed by atoms with Gasteiger partial charge in [-0.2, -0.15) is 48.2 Å². The van der Waals surface area contributed by atoms with E-state index in [1.54, 1.807) is 6.92 Å². The van der Waals surface area contributed by atoms with Gasteiger partial charge in [-0.3, -0.25) is 0 Å². The summed E-state index contributed by atoms with van der Waals surface area (Å²) in [5.41, 5.74) is -49.6. The van der Waals surface area contributed by atoms with Crippen LogP contribution in [-0.2, 0) is 25.7 Å². The van der Waals surface area contributed by atoms with Crippen molar-refractivity contribution in [3.63, 3.8) is 0 Å². The van der Waals surface area contributed by atoms with Crippen LogP contribution in [0, 0.1) is 186 Å². The van der Waals surface area contributed by atoms with E-state index in [2.05, 4.69) is 0 Å². The lowest BCUT2D eigenvalue weighted by Gasteiger charge is -2.49. The van der Waals surface area contributed by atoms with Gasteiger partial charge in [-0.25, -0.2) is 140 Å². The second-order valence-electron chi connectivity index (χ2n) is 25.9. The monoisotopic (exact) mass is 1650 g/mol. The topological polar surface area (TPSA) is 0 Å². The number of benzene rings is 9. The fourth-order valence-electron chi connectivity index (χ4n) is 15.5. The molecule has 590 valence electrons. The van der Waals surface area contributed by atoms with E-state index in [0.29, 0.717) is 6.42 Å². The molecule has 0 amide bonds. The highest BCUT2D eigenvalue weighted by molar-refractivity contribution is 7.66. The second-order valence-corrected chi connectivity index (χ2v) is 28.6. The fourth-order valence-corrected chi connectivity index (χ4v) is 18.3. The lowest BCUT2D eigenvalue weighted by atomic mass is 9.11. The lowest BCUT2D eigenvalue weighted by Crippen LogP contribution is -2.80. The molecule has 4 aliphatic rings. The number of hydrogen-bond donors (Lipinski definition) is 0. The van der Waals surface area contributed by atoms with Gasteiger partial charge in [0.25, 0.3) is 0 Å². The molecular formula is C71H32BF38P. The zero-order valence-corrected chi connectivity index (χ0v) is 55.3. The Hall–Kier alpha value is -9.19. The average Bonchev–Trinajstić information content (AvgIpc) is 1.58. The Kier molecular flexibility index (Phi) is 20.9. The van der Waals surface area contributed by atoms with Crippen molar-refractivity contribution in [3.8, 4) is 44.5 Å². The summed E-state index contributed by atoms with van der Waals surface area (Å²) in [4.78, 5) is 0. The maximum Gasteiger partial charge on any atom is 0.389 e. The molecule has 13 rings (SSSR count). The van der Waals surface area contributed by atoms with Gasteiger partial charge in [-0.15, -0.1) is 0 Å². The van der Waals surface area contributed by atoms with E-state index >= 15 is 123 Å². The summed E-state index contributed by atoms with van der Waals surface area (Å²) in [7, 11) is -3.50. The molecule has 0 fully saturated rings. The van der Waals surface area contributed by atoms with Gasteiger partial charge in [0.2, 0.25) is 17.8 Å². The SMILES string of the molecule is CCCC[PH+](c1cc(F)c(F)c(F)c1F)C(F)(F)C(F)CCCCCCC(F)(F)F.Fc1c(F)c(F)c2c(c1F)Cc1c-2c(F)c(F)c(F)c1[B-](c1c(F)c(F)c(F)c2c1Cc1c(F)c(F)c(F)c(F)c1-2)(c1c(F)c(F)c(F)c2c1Cc1c(F)c(F)c(F)c(F)c1-2)c1c(F)c(F)c(F)c2c1Cc1c(F)c(F)c(F)c(F)c1-2. The van der Waals surface area contributed by atoms with Crippen LogP contribution < -0.4 is 27.2 Å². The number of halogens is 38. The summed E-state index contributed by atoms with van der Waals surface area (Å²) in [6, 6.07) is 0.162. The third-order valence-corrected chi connectivity index (χ3v) is 23.1. The van der Waals surface area contributed by atoms with Crippen LogP contribution in [0.3, 0.4) is 0 Å². The quantitative estimate of drug-likeness (QED) is 0.0226. The van der Waals surface area contributed by atoms with E-state index in [0.717, 1.165) is 0 Å². The summed E-state index contributed by atoms with van der Waals surface area (Å²) in [6.45, 7) is 1.63. The molecule has 2 atom stereocenters. The van der Waals surface area contributed by atoms with Gasteiger partial charge in [-0.1, -0.05) is 54.9 Å². The third kappa shape index (κ3) is 11.8. The van der Waals surface area contributed by atoms with Crippen LogP contribution in [0.25, 0.3) is 44.5 Å². The number of alkyl halides is 6.